The van der Waals surface area contributed by atoms with E-state index in [1.807, 2.05) is 0 Å². The molecule has 2 fully saturated rings. The van der Waals surface area contributed by atoms with Gasteiger partial charge >= 0.3 is 6.09 Å². The van der Waals surface area contributed by atoms with E-state index in [-0.39, 0.29) is 5.41 Å². The highest BCUT2D eigenvalue weighted by Gasteiger charge is 2.60. The molecule has 1 heterocycles. The zero-order valence-electron chi connectivity index (χ0n) is 6.08. The summed E-state index contributed by atoms with van der Waals surface area (Å²) in [5.41, 5.74) is -0.0710. The summed E-state index contributed by atoms with van der Waals surface area (Å²) in [6.45, 7) is 1.18. The van der Waals surface area contributed by atoms with Crippen LogP contribution in [0.2, 0.25) is 0 Å². The van der Waals surface area contributed by atoms with Crippen molar-refractivity contribution in [1.29, 1.82) is 0 Å². The van der Waals surface area contributed by atoms with E-state index in [0.29, 0.717) is 19.0 Å². The molecule has 0 radical (unpaired) electrons. The zero-order valence-corrected chi connectivity index (χ0v) is 6.08. The highest BCUT2D eigenvalue weighted by atomic mass is 16.4. The first-order chi connectivity index (χ1) is 5.18. The molecule has 1 aliphatic carbocycles. The van der Waals surface area contributed by atoms with Crippen LogP contribution in [0.3, 0.4) is 0 Å². The first-order valence-electron chi connectivity index (χ1n) is 3.63. The predicted molar refractivity (Wildman–Crippen MR) is 39.0 cm³/mol. The molecule has 1 saturated carbocycles. The van der Waals surface area contributed by atoms with Crippen LogP contribution in [0, 0.1) is 23.7 Å². The number of nitrogens with zero attached hydrogens (tertiary/aromatic N) is 1. The molecule has 2 atom stereocenters. The highest BCUT2D eigenvalue weighted by molar-refractivity contribution is 5.66. The standard InChI is InChI=1S/C8H9NO2/c1-2-8-3-6(8)4-9(5-8)7(10)11/h1,6H,3-5H2,(H,10,11). The fourth-order valence-electron chi connectivity index (χ4n) is 1.85. The molecule has 2 rings (SSSR count). The SMILES string of the molecule is C#CC12CC1CN(C(=O)O)C2. The molecule has 1 saturated heterocycles. The Labute approximate surface area is 65.0 Å². The van der Waals surface area contributed by atoms with Gasteiger partial charge in [0.2, 0.25) is 0 Å². The van der Waals surface area contributed by atoms with Crippen molar-refractivity contribution in [3.05, 3.63) is 0 Å². The van der Waals surface area contributed by atoms with Gasteiger partial charge in [0, 0.05) is 13.1 Å². The first-order valence-corrected chi connectivity index (χ1v) is 3.63. The number of fused-ring (bicyclic) bond motifs is 1. The van der Waals surface area contributed by atoms with Crippen molar-refractivity contribution in [3.63, 3.8) is 0 Å². The van der Waals surface area contributed by atoms with Gasteiger partial charge in [-0.1, -0.05) is 5.92 Å². The van der Waals surface area contributed by atoms with Crippen molar-refractivity contribution in [2.75, 3.05) is 13.1 Å². The fraction of sp³-hybridized carbons (Fsp3) is 0.625. The summed E-state index contributed by atoms with van der Waals surface area (Å²) in [7, 11) is 0. The number of piperidine rings is 1. The molecule has 11 heavy (non-hydrogen) atoms. The minimum absolute atomic E-state index is 0.0710. The van der Waals surface area contributed by atoms with Gasteiger partial charge in [-0.15, -0.1) is 6.42 Å². The predicted octanol–water partition coefficient (Wildman–Crippen LogP) is 0.619. The van der Waals surface area contributed by atoms with E-state index in [4.69, 9.17) is 11.5 Å². The van der Waals surface area contributed by atoms with Crippen molar-refractivity contribution < 1.29 is 9.90 Å². The van der Waals surface area contributed by atoms with Crippen LogP contribution in [0.25, 0.3) is 0 Å². The summed E-state index contributed by atoms with van der Waals surface area (Å²) in [6.07, 6.45) is 5.48. The third-order valence-electron chi connectivity index (χ3n) is 2.70. The molecule has 1 N–H and O–H groups in total. The van der Waals surface area contributed by atoms with Gasteiger partial charge in [-0.2, -0.15) is 0 Å². The van der Waals surface area contributed by atoms with E-state index in [0.717, 1.165) is 6.42 Å². The third kappa shape index (κ3) is 0.725. The summed E-state index contributed by atoms with van der Waals surface area (Å²) < 4.78 is 0. The lowest BCUT2D eigenvalue weighted by Crippen LogP contribution is -2.29. The Morgan fingerprint density at radius 3 is 2.91 bits per heavy atom. The van der Waals surface area contributed by atoms with E-state index in [9.17, 15) is 4.79 Å². The van der Waals surface area contributed by atoms with Crippen LogP contribution in [0.4, 0.5) is 4.79 Å². The highest BCUT2D eigenvalue weighted by Crippen LogP contribution is 2.57. The maximum Gasteiger partial charge on any atom is 0.407 e. The lowest BCUT2D eigenvalue weighted by Gasteiger charge is -2.13. The summed E-state index contributed by atoms with van der Waals surface area (Å²) in [6, 6.07) is 0. The minimum atomic E-state index is -0.841. The number of carboxylic acid groups (broad SMARTS) is 1. The Hall–Kier alpha value is -1.17. The second kappa shape index (κ2) is 1.70. The number of carbonyl (C=O) groups is 1. The first kappa shape index (κ1) is 6.53. The van der Waals surface area contributed by atoms with E-state index in [1.165, 1.54) is 4.90 Å². The van der Waals surface area contributed by atoms with Gasteiger partial charge in [-0.05, 0) is 12.3 Å². The van der Waals surface area contributed by atoms with Crippen molar-refractivity contribution in [2.45, 2.75) is 6.42 Å². The van der Waals surface area contributed by atoms with Crippen molar-refractivity contribution in [2.24, 2.45) is 11.3 Å². The van der Waals surface area contributed by atoms with Crippen LogP contribution < -0.4 is 0 Å². The Bertz CT molecular complexity index is 255. The summed E-state index contributed by atoms with van der Waals surface area (Å²) in [5, 5.41) is 8.62. The molecule has 0 aromatic carbocycles. The lowest BCUT2D eigenvalue weighted by molar-refractivity contribution is 0.149. The van der Waals surface area contributed by atoms with Crippen LogP contribution in [0.5, 0.6) is 0 Å². The number of hydrogen-bond acceptors (Lipinski definition) is 1. The van der Waals surface area contributed by atoms with Crippen LogP contribution in [0.1, 0.15) is 6.42 Å². The summed E-state index contributed by atoms with van der Waals surface area (Å²) in [5.74, 6) is 3.14. The molecule has 0 aromatic rings. The molecular weight excluding hydrogens is 142 g/mol. The monoisotopic (exact) mass is 151 g/mol. The second-order valence-corrected chi connectivity index (χ2v) is 3.36. The average Bonchev–Trinajstić information content (AvgIpc) is 2.55. The molecule has 0 bridgehead atoms. The van der Waals surface area contributed by atoms with Crippen molar-refractivity contribution in [3.8, 4) is 12.3 Å². The number of rotatable bonds is 0. The summed E-state index contributed by atoms with van der Waals surface area (Å²) >= 11 is 0. The number of terminal acetylenes is 1. The molecule has 3 heteroatoms. The topological polar surface area (TPSA) is 40.5 Å². The molecule has 58 valence electrons. The molecular formula is C8H9NO2. The molecule has 3 nitrogen and oxygen atoms in total. The third-order valence-corrected chi connectivity index (χ3v) is 2.70. The van der Waals surface area contributed by atoms with Gasteiger partial charge in [0.1, 0.15) is 0 Å². The Balaban J connectivity index is 2.09. The zero-order chi connectivity index (χ0) is 8.06. The van der Waals surface area contributed by atoms with Crippen LogP contribution in [0.15, 0.2) is 0 Å². The van der Waals surface area contributed by atoms with Gasteiger partial charge in [0.25, 0.3) is 0 Å². The van der Waals surface area contributed by atoms with Gasteiger partial charge in [0.05, 0.1) is 5.41 Å². The average molecular weight is 151 g/mol. The fourth-order valence-corrected chi connectivity index (χ4v) is 1.85. The molecule has 1 amide bonds. The van der Waals surface area contributed by atoms with Gasteiger partial charge in [0.15, 0.2) is 0 Å². The summed E-state index contributed by atoms with van der Waals surface area (Å²) in [4.78, 5) is 11.9. The minimum Gasteiger partial charge on any atom is -0.465 e. The van der Waals surface area contributed by atoms with Crippen LogP contribution >= 0.6 is 0 Å². The maximum absolute atomic E-state index is 10.5. The number of hydrogen-bond donors (Lipinski definition) is 1. The van der Waals surface area contributed by atoms with Crippen LogP contribution in [-0.2, 0) is 0 Å². The van der Waals surface area contributed by atoms with Gasteiger partial charge in [-0.3, -0.25) is 0 Å². The second-order valence-electron chi connectivity index (χ2n) is 3.36. The molecule has 2 aliphatic rings. The van der Waals surface area contributed by atoms with E-state index < -0.39 is 6.09 Å². The van der Waals surface area contributed by atoms with E-state index in [1.54, 1.807) is 0 Å². The Morgan fingerprint density at radius 1 is 1.82 bits per heavy atom. The molecule has 1 aliphatic heterocycles. The smallest absolute Gasteiger partial charge is 0.407 e. The van der Waals surface area contributed by atoms with E-state index in [2.05, 4.69) is 5.92 Å². The molecule has 0 aromatic heterocycles. The molecule has 2 unspecified atom stereocenters. The lowest BCUT2D eigenvalue weighted by atomic mass is 10.1. The number of amides is 1. The normalized spacial score (nSPS) is 39.5. The van der Waals surface area contributed by atoms with Crippen LogP contribution in [-0.4, -0.2) is 29.2 Å². The van der Waals surface area contributed by atoms with E-state index >= 15 is 0 Å². The quantitative estimate of drug-likeness (QED) is 0.515. The number of likely N-dealkylation sites (tertiary alicyclic amines) is 1. The largest absolute Gasteiger partial charge is 0.465 e. The Kier molecular flexibility index (Phi) is 1.01. The molecule has 0 spiro atoms. The van der Waals surface area contributed by atoms with Crippen molar-refractivity contribution >= 4 is 6.09 Å². The van der Waals surface area contributed by atoms with Crippen molar-refractivity contribution in [1.82, 2.24) is 4.90 Å². The Morgan fingerprint density at radius 2 is 2.55 bits per heavy atom. The van der Waals surface area contributed by atoms with Gasteiger partial charge in [-0.25, -0.2) is 4.79 Å². The maximum atomic E-state index is 10.5. The van der Waals surface area contributed by atoms with Gasteiger partial charge < -0.3 is 10.0 Å².